The molecular weight excluding hydrogens is 428 g/mol. The zero-order valence-corrected chi connectivity index (χ0v) is 20.0. The number of carbonyl (C=O) groups is 2. The second-order valence-electron chi connectivity index (χ2n) is 10.3. The van der Waals surface area contributed by atoms with Gasteiger partial charge in [-0.25, -0.2) is 9.59 Å². The molecule has 0 saturated heterocycles. The van der Waals surface area contributed by atoms with Crippen LogP contribution < -0.4 is 4.74 Å². The zero-order valence-electron chi connectivity index (χ0n) is 20.0. The minimum Gasteiger partial charge on any atom is -0.481 e. The summed E-state index contributed by atoms with van der Waals surface area (Å²) in [6.45, 7) is 8.68. The normalized spacial score (nSPS) is 15.9. The highest BCUT2D eigenvalue weighted by atomic mass is 16.5. The van der Waals surface area contributed by atoms with Crippen LogP contribution in [0, 0.1) is 0 Å². The van der Waals surface area contributed by atoms with E-state index in [9.17, 15) is 14.7 Å². The highest BCUT2D eigenvalue weighted by Gasteiger charge is 2.37. The Balaban J connectivity index is 1.84. The van der Waals surface area contributed by atoms with Crippen LogP contribution in [0.2, 0.25) is 0 Å². The number of aromatic carboxylic acids is 1. The maximum atomic E-state index is 11.2. The average Bonchev–Trinajstić information content (AvgIpc) is 2.80. The van der Waals surface area contributed by atoms with Crippen molar-refractivity contribution in [2.24, 2.45) is 0 Å². The van der Waals surface area contributed by atoms with E-state index in [1.165, 1.54) is 11.1 Å². The van der Waals surface area contributed by atoms with Crippen molar-refractivity contribution in [1.82, 2.24) is 0 Å². The third-order valence-corrected chi connectivity index (χ3v) is 6.96. The van der Waals surface area contributed by atoms with Crippen LogP contribution in [-0.2, 0) is 15.6 Å². The molecule has 1 aliphatic carbocycles. The number of rotatable bonds is 6. The summed E-state index contributed by atoms with van der Waals surface area (Å²) in [5.41, 5.74) is 6.55. The van der Waals surface area contributed by atoms with Gasteiger partial charge in [0.15, 0.2) is 6.61 Å². The molecule has 0 aliphatic heterocycles. The summed E-state index contributed by atoms with van der Waals surface area (Å²) < 4.78 is 5.65. The summed E-state index contributed by atoms with van der Waals surface area (Å²) in [6, 6.07) is 18.8. The quantitative estimate of drug-likeness (QED) is 0.439. The fourth-order valence-corrected chi connectivity index (χ4v) is 4.76. The topological polar surface area (TPSA) is 83.8 Å². The summed E-state index contributed by atoms with van der Waals surface area (Å²) in [6.07, 6.45) is 2.22. The Bertz CT molecular complexity index is 1250. The lowest BCUT2D eigenvalue weighted by molar-refractivity contribution is -0.139. The standard InChI is InChI=1S/C29H30O5/c1-28(2)13-14-29(3,4)24-16-21(9-11-23(24)28)22-15-20(10-12-25(22)34-17-26(30)31)18-5-7-19(8-6-18)27(32)33/h5-12,15-16H,13-14,17H2,1-4H3,(H,30,31)(H,32,33). The molecule has 5 heteroatoms. The van der Waals surface area contributed by atoms with Crippen molar-refractivity contribution in [3.8, 4) is 28.0 Å². The molecule has 0 atom stereocenters. The summed E-state index contributed by atoms with van der Waals surface area (Å²) in [4.78, 5) is 22.4. The van der Waals surface area contributed by atoms with E-state index in [0.717, 1.165) is 35.1 Å². The maximum absolute atomic E-state index is 11.2. The van der Waals surface area contributed by atoms with Crippen LogP contribution in [0.25, 0.3) is 22.3 Å². The van der Waals surface area contributed by atoms with Gasteiger partial charge >= 0.3 is 11.9 Å². The van der Waals surface area contributed by atoms with Crippen molar-refractivity contribution >= 4 is 11.9 Å². The van der Waals surface area contributed by atoms with Crippen molar-refractivity contribution < 1.29 is 24.5 Å². The summed E-state index contributed by atoms with van der Waals surface area (Å²) in [5.74, 6) is -1.50. The molecule has 0 saturated carbocycles. The molecule has 5 nitrogen and oxygen atoms in total. The third kappa shape index (κ3) is 4.56. The van der Waals surface area contributed by atoms with Crippen LogP contribution in [0.4, 0.5) is 0 Å². The lowest BCUT2D eigenvalue weighted by atomic mass is 9.63. The molecular formula is C29H30O5. The van der Waals surface area contributed by atoms with Crippen LogP contribution in [0.15, 0.2) is 60.7 Å². The van der Waals surface area contributed by atoms with Gasteiger partial charge in [-0.1, -0.05) is 64.1 Å². The second-order valence-corrected chi connectivity index (χ2v) is 10.3. The number of ether oxygens (including phenoxy) is 1. The lowest BCUT2D eigenvalue weighted by Gasteiger charge is -2.42. The first-order valence-corrected chi connectivity index (χ1v) is 11.5. The molecule has 0 amide bonds. The lowest BCUT2D eigenvalue weighted by Crippen LogP contribution is -2.33. The van der Waals surface area contributed by atoms with Crippen LogP contribution >= 0.6 is 0 Å². The van der Waals surface area contributed by atoms with E-state index in [1.807, 2.05) is 12.1 Å². The van der Waals surface area contributed by atoms with Crippen molar-refractivity contribution in [3.05, 3.63) is 77.4 Å². The van der Waals surface area contributed by atoms with Crippen LogP contribution in [0.1, 0.15) is 62.0 Å². The van der Waals surface area contributed by atoms with Gasteiger partial charge in [0.05, 0.1) is 5.56 Å². The SMILES string of the molecule is CC1(C)CCC(C)(C)c2cc(-c3cc(-c4ccc(C(=O)O)cc4)ccc3OCC(=O)O)ccc21. The minimum atomic E-state index is -1.03. The smallest absolute Gasteiger partial charge is 0.341 e. The molecule has 0 radical (unpaired) electrons. The van der Waals surface area contributed by atoms with Gasteiger partial charge in [-0.15, -0.1) is 0 Å². The minimum absolute atomic E-state index is 0.0349. The van der Waals surface area contributed by atoms with Gasteiger partial charge in [0.1, 0.15) is 5.75 Å². The molecule has 2 N–H and O–H groups in total. The molecule has 1 aliphatic rings. The van der Waals surface area contributed by atoms with E-state index >= 15 is 0 Å². The van der Waals surface area contributed by atoms with Crippen molar-refractivity contribution in [2.75, 3.05) is 6.61 Å². The van der Waals surface area contributed by atoms with Gasteiger partial charge in [0.25, 0.3) is 0 Å². The first-order valence-electron chi connectivity index (χ1n) is 11.5. The fraction of sp³-hybridized carbons (Fsp3) is 0.310. The number of fused-ring (bicyclic) bond motifs is 1. The van der Waals surface area contributed by atoms with E-state index in [4.69, 9.17) is 9.84 Å². The number of hydrogen-bond acceptors (Lipinski definition) is 3. The number of hydrogen-bond donors (Lipinski definition) is 2. The first-order chi connectivity index (χ1) is 16.0. The Labute approximate surface area is 200 Å². The van der Waals surface area contributed by atoms with Gasteiger partial charge < -0.3 is 14.9 Å². The molecule has 0 bridgehead atoms. The van der Waals surface area contributed by atoms with Gasteiger partial charge in [-0.05, 0) is 75.8 Å². The molecule has 3 aromatic carbocycles. The Morgan fingerprint density at radius 3 is 1.97 bits per heavy atom. The number of carboxylic acid groups (broad SMARTS) is 2. The Hall–Kier alpha value is -3.60. The Morgan fingerprint density at radius 1 is 0.765 bits per heavy atom. The van der Waals surface area contributed by atoms with Crippen molar-refractivity contribution in [3.63, 3.8) is 0 Å². The number of aliphatic carboxylic acids is 1. The van der Waals surface area contributed by atoms with E-state index in [-0.39, 0.29) is 16.4 Å². The predicted molar refractivity (Wildman–Crippen MR) is 133 cm³/mol. The second kappa shape index (κ2) is 8.64. The molecule has 0 spiro atoms. The molecule has 4 rings (SSSR count). The van der Waals surface area contributed by atoms with Crippen LogP contribution in [0.5, 0.6) is 5.75 Å². The van der Waals surface area contributed by atoms with Crippen LogP contribution in [-0.4, -0.2) is 28.8 Å². The predicted octanol–water partition coefficient (Wildman–Crippen LogP) is 6.53. The van der Waals surface area contributed by atoms with Gasteiger partial charge in [-0.3, -0.25) is 0 Å². The van der Waals surface area contributed by atoms with Gasteiger partial charge in [-0.2, -0.15) is 0 Å². The summed E-state index contributed by atoms with van der Waals surface area (Å²) in [5, 5.41) is 18.3. The third-order valence-electron chi connectivity index (χ3n) is 6.96. The number of benzene rings is 3. The van der Waals surface area contributed by atoms with E-state index in [0.29, 0.717) is 5.75 Å². The largest absolute Gasteiger partial charge is 0.481 e. The Kier molecular flexibility index (Phi) is 5.98. The van der Waals surface area contributed by atoms with E-state index in [1.54, 1.807) is 30.3 Å². The monoisotopic (exact) mass is 458 g/mol. The van der Waals surface area contributed by atoms with Crippen LogP contribution in [0.3, 0.4) is 0 Å². The highest BCUT2D eigenvalue weighted by molar-refractivity contribution is 5.88. The molecule has 0 fully saturated rings. The highest BCUT2D eigenvalue weighted by Crippen LogP contribution is 2.47. The fourth-order valence-electron chi connectivity index (χ4n) is 4.76. The molecule has 176 valence electrons. The molecule has 34 heavy (non-hydrogen) atoms. The summed E-state index contributed by atoms with van der Waals surface area (Å²) >= 11 is 0. The average molecular weight is 459 g/mol. The van der Waals surface area contributed by atoms with Crippen molar-refractivity contribution in [1.29, 1.82) is 0 Å². The molecule has 0 aromatic heterocycles. The summed E-state index contributed by atoms with van der Waals surface area (Å²) in [7, 11) is 0. The molecule has 0 heterocycles. The van der Waals surface area contributed by atoms with E-state index < -0.39 is 18.5 Å². The Morgan fingerprint density at radius 2 is 1.35 bits per heavy atom. The number of carboxylic acids is 2. The molecule has 0 unspecified atom stereocenters. The zero-order chi connectivity index (χ0) is 24.7. The van der Waals surface area contributed by atoms with Gasteiger partial charge in [0.2, 0.25) is 0 Å². The van der Waals surface area contributed by atoms with E-state index in [2.05, 4.69) is 45.9 Å². The van der Waals surface area contributed by atoms with Gasteiger partial charge in [0, 0.05) is 5.56 Å². The first kappa shape index (κ1) is 23.6. The van der Waals surface area contributed by atoms with Crippen molar-refractivity contribution in [2.45, 2.75) is 51.4 Å². The maximum Gasteiger partial charge on any atom is 0.341 e. The molecule has 3 aromatic rings.